The van der Waals surface area contributed by atoms with Crippen LogP contribution in [0, 0.1) is 17.6 Å². The fourth-order valence-corrected chi connectivity index (χ4v) is 2.68. The number of nitriles is 1. The van der Waals surface area contributed by atoms with Crippen molar-refractivity contribution in [1.29, 1.82) is 5.26 Å². The molecule has 1 rings (SSSR count). The van der Waals surface area contributed by atoms with Gasteiger partial charge in [0, 0.05) is 5.75 Å². The summed E-state index contributed by atoms with van der Waals surface area (Å²) in [4.78, 5) is 0. The molecule has 0 aromatic heterocycles. The van der Waals surface area contributed by atoms with Crippen molar-refractivity contribution < 1.29 is 4.74 Å². The van der Waals surface area contributed by atoms with E-state index in [1.165, 1.54) is 22.9 Å². The van der Waals surface area contributed by atoms with E-state index >= 15 is 0 Å². The van der Waals surface area contributed by atoms with Gasteiger partial charge >= 0.3 is 0 Å². The average Bonchev–Trinajstić information content (AvgIpc) is 2.36. The second kappa shape index (κ2) is 8.05. The van der Waals surface area contributed by atoms with Crippen LogP contribution in [0.5, 0.6) is 5.75 Å². The van der Waals surface area contributed by atoms with E-state index in [-0.39, 0.29) is 0 Å². The predicted octanol–water partition coefficient (Wildman–Crippen LogP) is 4.49. The van der Waals surface area contributed by atoms with Crippen LogP contribution < -0.4 is 4.74 Å². The summed E-state index contributed by atoms with van der Waals surface area (Å²) in [6, 6.07) is 6.33. The van der Waals surface area contributed by atoms with Crippen LogP contribution in [0.25, 0.3) is 0 Å². The minimum Gasteiger partial charge on any atom is -0.494 e. The first-order valence-corrected chi connectivity index (χ1v) is 7.45. The maximum absolute atomic E-state index is 8.57. The fourth-order valence-electron chi connectivity index (χ4n) is 2.19. The van der Waals surface area contributed by atoms with E-state index in [1.54, 1.807) is 0 Å². The minimum atomic E-state index is 0.543. The monoisotopic (exact) mass is 263 g/mol. The predicted molar refractivity (Wildman–Crippen MR) is 78.1 cm³/mol. The Balaban J connectivity index is 2.76. The van der Waals surface area contributed by atoms with Gasteiger partial charge in [0.25, 0.3) is 0 Å². The molecule has 0 amide bonds. The van der Waals surface area contributed by atoms with Crippen molar-refractivity contribution in [2.24, 2.45) is 0 Å². The standard InChI is InChI=1S/C15H21NOS/c1-4-13(8-9-18-11-16)15-7-6-14(17-5-2)10-12(15)3/h6-7,10,13H,4-5,8-9H2,1-3H3. The van der Waals surface area contributed by atoms with Gasteiger partial charge in [-0.25, -0.2) is 0 Å². The zero-order chi connectivity index (χ0) is 13.4. The van der Waals surface area contributed by atoms with E-state index in [1.807, 2.05) is 13.0 Å². The number of ether oxygens (including phenoxy) is 1. The fraction of sp³-hybridized carbons (Fsp3) is 0.533. The molecule has 0 aliphatic carbocycles. The number of hydrogen-bond donors (Lipinski definition) is 0. The van der Waals surface area contributed by atoms with Crippen molar-refractivity contribution in [2.75, 3.05) is 12.4 Å². The van der Waals surface area contributed by atoms with Crippen molar-refractivity contribution in [3.63, 3.8) is 0 Å². The third-order valence-corrected chi connectivity index (χ3v) is 3.69. The summed E-state index contributed by atoms with van der Waals surface area (Å²) in [6.07, 6.45) is 2.17. The summed E-state index contributed by atoms with van der Waals surface area (Å²) in [7, 11) is 0. The van der Waals surface area contributed by atoms with E-state index in [2.05, 4.69) is 31.4 Å². The van der Waals surface area contributed by atoms with Crippen LogP contribution in [-0.4, -0.2) is 12.4 Å². The van der Waals surface area contributed by atoms with Crippen LogP contribution in [-0.2, 0) is 0 Å². The molecule has 1 atom stereocenters. The van der Waals surface area contributed by atoms with Crippen molar-refractivity contribution in [1.82, 2.24) is 0 Å². The number of benzene rings is 1. The van der Waals surface area contributed by atoms with E-state index < -0.39 is 0 Å². The molecule has 1 aromatic rings. The van der Waals surface area contributed by atoms with Gasteiger partial charge in [0.2, 0.25) is 0 Å². The molecule has 98 valence electrons. The molecule has 2 nitrogen and oxygen atoms in total. The van der Waals surface area contributed by atoms with E-state index in [0.717, 1.165) is 24.3 Å². The smallest absolute Gasteiger partial charge is 0.133 e. The van der Waals surface area contributed by atoms with Crippen LogP contribution in [0.4, 0.5) is 0 Å². The Morgan fingerprint density at radius 2 is 2.17 bits per heavy atom. The second-order valence-electron chi connectivity index (χ2n) is 4.29. The Bertz CT molecular complexity index is 411. The van der Waals surface area contributed by atoms with Crippen molar-refractivity contribution in [2.45, 2.75) is 39.5 Å². The molecule has 1 unspecified atom stereocenters. The van der Waals surface area contributed by atoms with Gasteiger partial charge in [-0.15, -0.1) is 0 Å². The average molecular weight is 263 g/mol. The zero-order valence-corrected chi connectivity index (χ0v) is 12.2. The van der Waals surface area contributed by atoms with Crippen LogP contribution in [0.15, 0.2) is 18.2 Å². The van der Waals surface area contributed by atoms with Crippen molar-refractivity contribution in [3.8, 4) is 11.2 Å². The van der Waals surface area contributed by atoms with Crippen LogP contribution in [0.2, 0.25) is 0 Å². The Hall–Kier alpha value is -1.14. The summed E-state index contributed by atoms with van der Waals surface area (Å²) < 4.78 is 5.51. The quantitative estimate of drug-likeness (QED) is 0.536. The highest BCUT2D eigenvalue weighted by molar-refractivity contribution is 8.03. The van der Waals surface area contributed by atoms with Gasteiger partial charge in [-0.05, 0) is 67.6 Å². The normalized spacial score (nSPS) is 11.9. The highest BCUT2D eigenvalue weighted by atomic mass is 32.2. The molecule has 0 heterocycles. The Labute approximate surface area is 114 Å². The van der Waals surface area contributed by atoms with Gasteiger partial charge in [-0.2, -0.15) is 5.26 Å². The lowest BCUT2D eigenvalue weighted by Crippen LogP contribution is -2.02. The molecule has 1 aromatic carbocycles. The number of hydrogen-bond acceptors (Lipinski definition) is 3. The molecule has 0 spiro atoms. The first kappa shape index (κ1) is 14.9. The van der Waals surface area contributed by atoms with E-state index in [0.29, 0.717) is 12.5 Å². The lowest BCUT2D eigenvalue weighted by atomic mass is 9.90. The molecule has 0 saturated carbocycles. The van der Waals surface area contributed by atoms with Crippen LogP contribution in [0.1, 0.15) is 43.7 Å². The third kappa shape index (κ3) is 4.27. The molecule has 0 aliphatic heterocycles. The highest BCUT2D eigenvalue weighted by Gasteiger charge is 2.12. The second-order valence-corrected chi connectivity index (χ2v) is 5.16. The number of thiocyanates is 1. The molecule has 3 heteroatoms. The van der Waals surface area contributed by atoms with Gasteiger partial charge in [0.05, 0.1) is 6.61 Å². The number of thioether (sulfide) groups is 1. The Morgan fingerprint density at radius 3 is 2.72 bits per heavy atom. The lowest BCUT2D eigenvalue weighted by molar-refractivity contribution is 0.340. The maximum Gasteiger partial charge on any atom is 0.133 e. The summed E-state index contributed by atoms with van der Waals surface area (Å²) in [5.74, 6) is 2.39. The molecular formula is C15H21NOS. The minimum absolute atomic E-state index is 0.543. The van der Waals surface area contributed by atoms with E-state index in [9.17, 15) is 0 Å². The summed E-state index contributed by atoms with van der Waals surface area (Å²) >= 11 is 1.34. The molecule has 18 heavy (non-hydrogen) atoms. The summed E-state index contributed by atoms with van der Waals surface area (Å²) in [6.45, 7) is 7.04. The summed E-state index contributed by atoms with van der Waals surface area (Å²) in [5, 5.41) is 10.7. The molecule has 0 saturated heterocycles. The van der Waals surface area contributed by atoms with E-state index in [4.69, 9.17) is 10.00 Å². The van der Waals surface area contributed by atoms with Crippen molar-refractivity contribution >= 4 is 11.8 Å². The zero-order valence-electron chi connectivity index (χ0n) is 11.4. The SMILES string of the molecule is CCOc1ccc(C(CC)CCSC#N)c(C)c1. The molecule has 0 radical (unpaired) electrons. The summed E-state index contributed by atoms with van der Waals surface area (Å²) in [5.41, 5.74) is 2.68. The molecule has 0 bridgehead atoms. The van der Waals surface area contributed by atoms with Crippen LogP contribution in [0.3, 0.4) is 0 Å². The maximum atomic E-state index is 8.57. The van der Waals surface area contributed by atoms with Gasteiger partial charge < -0.3 is 4.74 Å². The molecule has 0 N–H and O–H groups in total. The van der Waals surface area contributed by atoms with Gasteiger partial charge in [0.15, 0.2) is 0 Å². The molecule has 0 fully saturated rings. The number of nitrogens with zero attached hydrogens (tertiary/aromatic N) is 1. The Kier molecular flexibility index (Phi) is 6.67. The molecular weight excluding hydrogens is 242 g/mol. The van der Waals surface area contributed by atoms with Gasteiger partial charge in [-0.1, -0.05) is 13.0 Å². The number of aryl methyl sites for hydroxylation is 1. The largest absolute Gasteiger partial charge is 0.494 e. The number of rotatable bonds is 7. The topological polar surface area (TPSA) is 33.0 Å². The third-order valence-electron chi connectivity index (χ3n) is 3.12. The highest BCUT2D eigenvalue weighted by Crippen LogP contribution is 2.29. The Morgan fingerprint density at radius 1 is 1.39 bits per heavy atom. The lowest BCUT2D eigenvalue weighted by Gasteiger charge is -2.18. The first-order chi connectivity index (χ1) is 8.72. The van der Waals surface area contributed by atoms with Crippen molar-refractivity contribution in [3.05, 3.63) is 29.3 Å². The van der Waals surface area contributed by atoms with Gasteiger partial charge in [-0.3, -0.25) is 0 Å². The first-order valence-electron chi connectivity index (χ1n) is 6.47. The van der Waals surface area contributed by atoms with Gasteiger partial charge in [0.1, 0.15) is 11.2 Å². The van der Waals surface area contributed by atoms with Crippen LogP contribution >= 0.6 is 11.8 Å². The molecule has 0 aliphatic rings.